The van der Waals surface area contributed by atoms with Gasteiger partial charge in [0.25, 0.3) is 5.91 Å². The predicted molar refractivity (Wildman–Crippen MR) is 138 cm³/mol. The third-order valence-corrected chi connectivity index (χ3v) is 6.31. The van der Waals surface area contributed by atoms with Gasteiger partial charge < -0.3 is 30.3 Å². The van der Waals surface area contributed by atoms with Crippen LogP contribution >= 0.6 is 11.8 Å². The average molecular weight is 525 g/mol. The molecule has 0 heterocycles. The Morgan fingerprint density at radius 2 is 1.51 bits per heavy atom. The zero-order chi connectivity index (χ0) is 27.1. The number of carboxylic acid groups (broad SMARTS) is 2. The molecule has 3 aromatic rings. The normalized spacial score (nSPS) is 11.2. The quantitative estimate of drug-likeness (QED) is 0.282. The molecule has 1 unspecified atom stereocenters. The molecular weight excluding hydrogens is 500 g/mol. The number of anilines is 2. The van der Waals surface area contributed by atoms with Gasteiger partial charge in [-0.15, -0.1) is 11.8 Å². The standard InChI is InChI=1S/C26H24N2O8S/c1-14(23(29)28-21-13-17(35-2)7-11-22(21)36-3)37-18-8-5-16(6-9-18)27-24(30)19-10-4-15(25(31)32)12-20(19)26(33)34/h4-14H,1-3H3,(H,27,30)(H,28,29)(H,31,32)(H,33,34). The molecule has 3 rings (SSSR count). The Morgan fingerprint density at radius 1 is 0.811 bits per heavy atom. The summed E-state index contributed by atoms with van der Waals surface area (Å²) in [6.07, 6.45) is 0. The van der Waals surface area contributed by atoms with E-state index in [4.69, 9.17) is 14.6 Å². The number of carbonyl (C=O) groups excluding carboxylic acids is 2. The predicted octanol–water partition coefficient (Wildman–Crippen LogP) is 4.47. The molecule has 0 aromatic heterocycles. The fourth-order valence-corrected chi connectivity index (χ4v) is 4.14. The molecule has 0 spiro atoms. The van der Waals surface area contributed by atoms with Crippen molar-refractivity contribution in [2.75, 3.05) is 24.9 Å². The van der Waals surface area contributed by atoms with Crippen LogP contribution in [0.4, 0.5) is 11.4 Å². The molecule has 0 fully saturated rings. The van der Waals surface area contributed by atoms with Crippen LogP contribution in [0.1, 0.15) is 38.0 Å². The summed E-state index contributed by atoms with van der Waals surface area (Å²) in [4.78, 5) is 48.8. The van der Waals surface area contributed by atoms with E-state index >= 15 is 0 Å². The van der Waals surface area contributed by atoms with Crippen LogP contribution in [0.25, 0.3) is 0 Å². The summed E-state index contributed by atoms with van der Waals surface area (Å²) in [5.41, 5.74) is 0.0466. The van der Waals surface area contributed by atoms with Crippen molar-refractivity contribution in [2.45, 2.75) is 17.1 Å². The summed E-state index contributed by atoms with van der Waals surface area (Å²) in [6.45, 7) is 1.75. The van der Waals surface area contributed by atoms with E-state index in [0.717, 1.165) is 23.1 Å². The second-order valence-electron chi connectivity index (χ2n) is 7.66. The van der Waals surface area contributed by atoms with Crippen molar-refractivity contribution in [3.8, 4) is 11.5 Å². The summed E-state index contributed by atoms with van der Waals surface area (Å²) in [5.74, 6) is -2.60. The van der Waals surface area contributed by atoms with Crippen molar-refractivity contribution in [2.24, 2.45) is 0 Å². The highest BCUT2D eigenvalue weighted by atomic mass is 32.2. The number of aromatic carboxylic acids is 2. The van der Waals surface area contributed by atoms with Crippen LogP contribution in [0.2, 0.25) is 0 Å². The Bertz CT molecular complexity index is 1340. The first-order valence-electron chi connectivity index (χ1n) is 10.8. The van der Waals surface area contributed by atoms with Gasteiger partial charge in [0.2, 0.25) is 5.91 Å². The molecule has 0 saturated heterocycles. The lowest BCUT2D eigenvalue weighted by Gasteiger charge is -2.15. The van der Waals surface area contributed by atoms with Crippen LogP contribution < -0.4 is 20.1 Å². The third-order valence-electron chi connectivity index (χ3n) is 5.20. The Labute approximate surface area is 216 Å². The van der Waals surface area contributed by atoms with Crippen molar-refractivity contribution in [1.82, 2.24) is 0 Å². The lowest BCUT2D eigenvalue weighted by molar-refractivity contribution is -0.115. The molecule has 0 bridgehead atoms. The molecule has 0 aliphatic heterocycles. The van der Waals surface area contributed by atoms with Crippen LogP contribution in [-0.4, -0.2) is 53.4 Å². The second-order valence-corrected chi connectivity index (χ2v) is 9.08. The molecule has 2 amide bonds. The Balaban J connectivity index is 1.66. The van der Waals surface area contributed by atoms with Crippen LogP contribution in [0.15, 0.2) is 65.6 Å². The molecule has 0 radical (unpaired) electrons. The minimum atomic E-state index is -1.42. The number of thioether (sulfide) groups is 1. The fourth-order valence-electron chi connectivity index (χ4n) is 3.27. The van der Waals surface area contributed by atoms with Crippen LogP contribution in [0.3, 0.4) is 0 Å². The molecule has 10 nitrogen and oxygen atoms in total. The maximum atomic E-state index is 12.7. The van der Waals surface area contributed by atoms with Gasteiger partial charge in [0.1, 0.15) is 11.5 Å². The lowest BCUT2D eigenvalue weighted by atomic mass is 10.0. The summed E-state index contributed by atoms with van der Waals surface area (Å²) in [7, 11) is 3.03. The number of hydrogen-bond acceptors (Lipinski definition) is 7. The molecule has 4 N–H and O–H groups in total. The Hall–Kier alpha value is -4.51. The second kappa shape index (κ2) is 12.0. The molecule has 0 aliphatic rings. The number of methoxy groups -OCH3 is 2. The first-order valence-corrected chi connectivity index (χ1v) is 11.7. The van der Waals surface area contributed by atoms with E-state index in [-0.39, 0.29) is 17.0 Å². The molecular formula is C26H24N2O8S. The largest absolute Gasteiger partial charge is 0.497 e. The van der Waals surface area contributed by atoms with Crippen molar-refractivity contribution < 1.29 is 38.9 Å². The van der Waals surface area contributed by atoms with Gasteiger partial charge >= 0.3 is 11.9 Å². The fraction of sp³-hybridized carbons (Fsp3) is 0.154. The molecule has 37 heavy (non-hydrogen) atoms. The van der Waals surface area contributed by atoms with Crippen molar-refractivity contribution in [3.63, 3.8) is 0 Å². The van der Waals surface area contributed by atoms with Crippen LogP contribution in [-0.2, 0) is 4.79 Å². The summed E-state index contributed by atoms with van der Waals surface area (Å²) < 4.78 is 10.5. The van der Waals surface area contributed by atoms with Crippen LogP contribution in [0, 0.1) is 0 Å². The first kappa shape index (κ1) is 27.1. The summed E-state index contributed by atoms with van der Waals surface area (Å²) in [6, 6.07) is 15.0. The van der Waals surface area contributed by atoms with Gasteiger partial charge in [-0.2, -0.15) is 0 Å². The minimum absolute atomic E-state index is 0.172. The van der Waals surface area contributed by atoms with Crippen molar-refractivity contribution in [1.29, 1.82) is 0 Å². The molecule has 1 atom stereocenters. The highest BCUT2D eigenvalue weighted by molar-refractivity contribution is 8.00. The molecule has 3 aromatic carbocycles. The number of carboxylic acids is 2. The zero-order valence-electron chi connectivity index (χ0n) is 20.1. The number of amides is 2. The molecule has 0 saturated carbocycles. The van der Waals surface area contributed by atoms with Gasteiger partial charge in [-0.3, -0.25) is 9.59 Å². The Kier molecular flexibility index (Phi) is 8.75. The minimum Gasteiger partial charge on any atom is -0.497 e. The maximum Gasteiger partial charge on any atom is 0.336 e. The van der Waals surface area contributed by atoms with Gasteiger partial charge in [-0.25, -0.2) is 9.59 Å². The van der Waals surface area contributed by atoms with Gasteiger partial charge in [-0.1, -0.05) is 0 Å². The van der Waals surface area contributed by atoms with E-state index in [9.17, 15) is 24.3 Å². The average Bonchev–Trinajstić information content (AvgIpc) is 2.89. The van der Waals surface area contributed by atoms with Gasteiger partial charge in [-0.05, 0) is 61.5 Å². The number of ether oxygens (including phenoxy) is 2. The SMILES string of the molecule is COc1ccc(OC)c(NC(=O)C(C)Sc2ccc(NC(=O)c3ccc(C(=O)O)cc3C(=O)O)cc2)c1. The highest BCUT2D eigenvalue weighted by Gasteiger charge is 2.20. The monoisotopic (exact) mass is 524 g/mol. The number of nitrogens with one attached hydrogen (secondary N) is 2. The van der Waals surface area contributed by atoms with Gasteiger partial charge in [0.15, 0.2) is 0 Å². The van der Waals surface area contributed by atoms with Gasteiger partial charge in [0.05, 0.1) is 41.8 Å². The number of benzene rings is 3. The molecule has 192 valence electrons. The highest BCUT2D eigenvalue weighted by Crippen LogP contribution is 2.31. The smallest absolute Gasteiger partial charge is 0.336 e. The molecule has 0 aliphatic carbocycles. The van der Waals surface area contributed by atoms with E-state index in [1.165, 1.54) is 26.0 Å². The molecule has 11 heteroatoms. The number of hydrogen-bond donors (Lipinski definition) is 4. The number of carbonyl (C=O) groups is 4. The summed E-state index contributed by atoms with van der Waals surface area (Å²) in [5, 5.41) is 23.4. The summed E-state index contributed by atoms with van der Waals surface area (Å²) >= 11 is 1.30. The van der Waals surface area contributed by atoms with E-state index < -0.39 is 28.7 Å². The number of rotatable bonds is 10. The van der Waals surface area contributed by atoms with Crippen LogP contribution in [0.5, 0.6) is 11.5 Å². The first-order chi connectivity index (χ1) is 17.6. The van der Waals surface area contributed by atoms with Crippen molar-refractivity contribution >= 4 is 46.9 Å². The lowest BCUT2D eigenvalue weighted by Crippen LogP contribution is -2.22. The van der Waals surface area contributed by atoms with Crippen molar-refractivity contribution in [3.05, 3.63) is 77.4 Å². The third kappa shape index (κ3) is 6.79. The zero-order valence-corrected chi connectivity index (χ0v) is 20.9. The van der Waals surface area contributed by atoms with E-state index in [0.29, 0.717) is 22.9 Å². The van der Waals surface area contributed by atoms with E-state index in [1.807, 2.05) is 0 Å². The van der Waals surface area contributed by atoms with Gasteiger partial charge in [0, 0.05) is 16.6 Å². The topological polar surface area (TPSA) is 151 Å². The Morgan fingerprint density at radius 3 is 2.11 bits per heavy atom. The maximum absolute atomic E-state index is 12.7. The van der Waals surface area contributed by atoms with E-state index in [1.54, 1.807) is 49.4 Å². The van der Waals surface area contributed by atoms with E-state index in [2.05, 4.69) is 10.6 Å².